The molecule has 19 heavy (non-hydrogen) atoms. The Labute approximate surface area is 121 Å². The van der Waals surface area contributed by atoms with E-state index in [2.05, 4.69) is 15.9 Å². The van der Waals surface area contributed by atoms with Gasteiger partial charge in [0.15, 0.2) is 5.78 Å². The van der Waals surface area contributed by atoms with Crippen LogP contribution in [0.5, 0.6) is 5.75 Å². The second-order valence-corrected chi connectivity index (χ2v) is 6.38. The zero-order valence-corrected chi connectivity index (χ0v) is 12.5. The van der Waals surface area contributed by atoms with Gasteiger partial charge in [-0.25, -0.2) is 0 Å². The van der Waals surface area contributed by atoms with Gasteiger partial charge in [-0.2, -0.15) is 0 Å². The van der Waals surface area contributed by atoms with Crippen LogP contribution in [0.15, 0.2) is 22.7 Å². The smallest absolute Gasteiger partial charge is 0.170 e. The van der Waals surface area contributed by atoms with Gasteiger partial charge in [-0.1, -0.05) is 15.9 Å². The van der Waals surface area contributed by atoms with E-state index in [1.165, 1.54) is 0 Å². The second kappa shape index (κ2) is 4.91. The van der Waals surface area contributed by atoms with Gasteiger partial charge in [0, 0.05) is 11.6 Å². The topological polar surface area (TPSA) is 35.5 Å². The molecule has 1 aromatic carbocycles. The molecular formula is C15H17BrO3. The highest BCUT2D eigenvalue weighted by atomic mass is 79.9. The molecule has 0 atom stereocenters. The lowest BCUT2D eigenvalue weighted by Gasteiger charge is -2.42. The summed E-state index contributed by atoms with van der Waals surface area (Å²) in [5, 5.41) is 0. The molecular weight excluding hydrogens is 308 g/mol. The van der Waals surface area contributed by atoms with E-state index in [-0.39, 0.29) is 11.4 Å². The summed E-state index contributed by atoms with van der Waals surface area (Å²) in [6.45, 7) is 0. The number of benzene rings is 1. The summed E-state index contributed by atoms with van der Waals surface area (Å²) >= 11 is 3.43. The lowest BCUT2D eigenvalue weighted by Crippen LogP contribution is -2.46. The summed E-state index contributed by atoms with van der Waals surface area (Å²) in [5.74, 6) is 0.922. The minimum atomic E-state index is -0.306. The van der Waals surface area contributed by atoms with Gasteiger partial charge in [0.1, 0.15) is 11.4 Å². The van der Waals surface area contributed by atoms with Crippen molar-refractivity contribution in [3.63, 3.8) is 0 Å². The van der Waals surface area contributed by atoms with E-state index in [1.54, 1.807) is 7.11 Å². The first-order chi connectivity index (χ1) is 9.12. The Morgan fingerprint density at radius 2 is 2.11 bits per heavy atom. The van der Waals surface area contributed by atoms with Crippen LogP contribution in [0.4, 0.5) is 0 Å². The molecule has 0 aromatic heterocycles. The molecule has 1 aliphatic carbocycles. The fourth-order valence-electron chi connectivity index (χ4n) is 3.10. The van der Waals surface area contributed by atoms with Crippen molar-refractivity contribution in [3.05, 3.63) is 28.2 Å². The van der Waals surface area contributed by atoms with Gasteiger partial charge >= 0.3 is 0 Å². The van der Waals surface area contributed by atoms with Crippen LogP contribution in [0, 0.1) is 0 Å². The van der Waals surface area contributed by atoms with Crippen LogP contribution in [0.25, 0.3) is 0 Å². The Hall–Kier alpha value is -0.870. The number of fused-ring (bicyclic) bond motifs is 1. The molecule has 102 valence electrons. The summed E-state index contributed by atoms with van der Waals surface area (Å²) in [7, 11) is 1.75. The van der Waals surface area contributed by atoms with E-state index in [0.29, 0.717) is 18.1 Å². The third kappa shape index (κ3) is 2.43. The Kier molecular flexibility index (Phi) is 3.39. The van der Waals surface area contributed by atoms with Gasteiger partial charge in [0.2, 0.25) is 0 Å². The van der Waals surface area contributed by atoms with Crippen molar-refractivity contribution in [2.24, 2.45) is 0 Å². The summed E-state index contributed by atoms with van der Waals surface area (Å²) in [4.78, 5) is 12.3. The number of halogens is 1. The number of hydrogen-bond donors (Lipinski definition) is 0. The molecule has 0 amide bonds. The van der Waals surface area contributed by atoms with Crippen molar-refractivity contribution >= 4 is 21.7 Å². The number of carbonyl (C=O) groups is 1. The fraction of sp³-hybridized carbons (Fsp3) is 0.533. The SMILES string of the molecule is COC1CCC2(CC1)CC(=O)c1ccc(Br)cc1O2. The fourth-order valence-corrected chi connectivity index (χ4v) is 3.44. The quantitative estimate of drug-likeness (QED) is 0.789. The monoisotopic (exact) mass is 324 g/mol. The Balaban J connectivity index is 1.86. The first-order valence-electron chi connectivity index (χ1n) is 6.66. The summed E-state index contributed by atoms with van der Waals surface area (Å²) in [5.41, 5.74) is 0.405. The van der Waals surface area contributed by atoms with Crippen LogP contribution in [-0.4, -0.2) is 24.6 Å². The highest BCUT2D eigenvalue weighted by Crippen LogP contribution is 2.42. The average molecular weight is 325 g/mol. The molecule has 1 aromatic rings. The summed E-state index contributed by atoms with van der Waals surface area (Å²) in [6.07, 6.45) is 4.53. The number of ether oxygens (including phenoxy) is 2. The minimum absolute atomic E-state index is 0.199. The number of rotatable bonds is 1. The Morgan fingerprint density at radius 3 is 2.79 bits per heavy atom. The number of methoxy groups -OCH3 is 1. The van der Waals surface area contributed by atoms with Crippen LogP contribution in [-0.2, 0) is 4.74 Å². The molecule has 0 saturated heterocycles. The lowest BCUT2D eigenvalue weighted by molar-refractivity contribution is -0.0320. The molecule has 1 fully saturated rings. The molecule has 2 aliphatic rings. The van der Waals surface area contributed by atoms with Crippen molar-refractivity contribution < 1.29 is 14.3 Å². The van der Waals surface area contributed by atoms with Crippen LogP contribution < -0.4 is 4.74 Å². The number of carbonyl (C=O) groups excluding carboxylic acids is 1. The molecule has 0 bridgehead atoms. The highest BCUT2D eigenvalue weighted by molar-refractivity contribution is 9.10. The van der Waals surface area contributed by atoms with E-state index >= 15 is 0 Å². The number of Topliss-reactive ketones (excluding diaryl/α,β-unsaturated/α-hetero) is 1. The van der Waals surface area contributed by atoms with E-state index in [9.17, 15) is 4.79 Å². The maximum absolute atomic E-state index is 12.3. The van der Waals surface area contributed by atoms with E-state index in [4.69, 9.17) is 9.47 Å². The van der Waals surface area contributed by atoms with Crippen LogP contribution in [0.2, 0.25) is 0 Å². The van der Waals surface area contributed by atoms with Gasteiger partial charge < -0.3 is 9.47 Å². The number of ketones is 1. The lowest BCUT2D eigenvalue weighted by atomic mass is 9.77. The average Bonchev–Trinajstić information content (AvgIpc) is 2.39. The molecule has 1 heterocycles. The van der Waals surface area contributed by atoms with E-state index in [1.807, 2.05) is 18.2 Å². The third-order valence-corrected chi connectivity index (χ3v) is 4.72. The van der Waals surface area contributed by atoms with Gasteiger partial charge in [-0.3, -0.25) is 4.79 Å². The molecule has 0 unspecified atom stereocenters. The molecule has 4 heteroatoms. The summed E-state index contributed by atoms with van der Waals surface area (Å²) in [6, 6.07) is 5.63. The van der Waals surface area contributed by atoms with E-state index < -0.39 is 0 Å². The van der Waals surface area contributed by atoms with E-state index in [0.717, 1.165) is 35.9 Å². The normalized spacial score (nSPS) is 30.0. The molecule has 3 nitrogen and oxygen atoms in total. The van der Waals surface area contributed by atoms with Crippen molar-refractivity contribution in [2.75, 3.05) is 7.11 Å². The second-order valence-electron chi connectivity index (χ2n) is 5.46. The van der Waals surface area contributed by atoms with Crippen molar-refractivity contribution in [1.29, 1.82) is 0 Å². The first kappa shape index (κ1) is 13.1. The third-order valence-electron chi connectivity index (χ3n) is 4.23. The molecule has 1 spiro atoms. The molecule has 1 saturated carbocycles. The number of hydrogen-bond acceptors (Lipinski definition) is 3. The van der Waals surface area contributed by atoms with Gasteiger partial charge in [-0.15, -0.1) is 0 Å². The molecule has 0 radical (unpaired) electrons. The zero-order chi connectivity index (χ0) is 13.5. The zero-order valence-electron chi connectivity index (χ0n) is 10.9. The van der Waals surface area contributed by atoms with Crippen LogP contribution in [0.3, 0.4) is 0 Å². The summed E-state index contributed by atoms with van der Waals surface area (Å²) < 4.78 is 12.5. The Morgan fingerprint density at radius 1 is 1.37 bits per heavy atom. The maximum Gasteiger partial charge on any atom is 0.170 e. The largest absolute Gasteiger partial charge is 0.486 e. The minimum Gasteiger partial charge on any atom is -0.486 e. The van der Waals surface area contributed by atoms with Gasteiger partial charge in [-0.05, 0) is 43.9 Å². The molecule has 3 rings (SSSR count). The predicted molar refractivity (Wildman–Crippen MR) is 75.7 cm³/mol. The highest BCUT2D eigenvalue weighted by Gasteiger charge is 2.43. The maximum atomic E-state index is 12.3. The van der Waals surface area contributed by atoms with Gasteiger partial charge in [0.05, 0.1) is 18.1 Å². The molecule has 1 aliphatic heterocycles. The Bertz CT molecular complexity index is 504. The van der Waals surface area contributed by atoms with Crippen molar-refractivity contribution in [2.45, 2.75) is 43.8 Å². The van der Waals surface area contributed by atoms with Crippen molar-refractivity contribution in [1.82, 2.24) is 0 Å². The van der Waals surface area contributed by atoms with Crippen LogP contribution in [0.1, 0.15) is 42.5 Å². The van der Waals surface area contributed by atoms with Crippen LogP contribution >= 0.6 is 15.9 Å². The predicted octanol–water partition coefficient (Wildman–Crippen LogP) is 3.74. The standard InChI is InChI=1S/C15H17BrO3/c1-18-11-4-6-15(7-5-11)9-13(17)12-3-2-10(16)8-14(12)19-15/h2-3,8,11H,4-7,9H2,1H3. The first-order valence-corrected chi connectivity index (χ1v) is 7.46. The molecule has 0 N–H and O–H groups in total. The van der Waals surface area contributed by atoms with Crippen molar-refractivity contribution in [3.8, 4) is 5.75 Å². The van der Waals surface area contributed by atoms with Gasteiger partial charge in [0.25, 0.3) is 0 Å².